The van der Waals surface area contributed by atoms with E-state index >= 15 is 0 Å². The third kappa shape index (κ3) is 4.52. The number of nitrogens with zero attached hydrogens (tertiary/aromatic N) is 1. The Morgan fingerprint density at radius 1 is 0.519 bits per heavy atom. The fraction of sp³-hybridized carbons (Fsp3) is 0.0392. The zero-order valence-electron chi connectivity index (χ0n) is 29.9. The van der Waals surface area contributed by atoms with E-state index in [9.17, 15) is 0 Å². The van der Waals surface area contributed by atoms with Crippen LogP contribution in [0.4, 0.5) is 5.69 Å². The fourth-order valence-electron chi connectivity index (χ4n) is 9.17. The van der Waals surface area contributed by atoms with Crippen molar-refractivity contribution in [1.82, 2.24) is 4.57 Å². The van der Waals surface area contributed by atoms with Crippen LogP contribution in [0.2, 0.25) is 0 Å². The quantitative estimate of drug-likeness (QED) is 0.141. The first-order valence-corrected chi connectivity index (χ1v) is 18.5. The van der Waals surface area contributed by atoms with Crippen molar-refractivity contribution in [3.63, 3.8) is 0 Å². The van der Waals surface area contributed by atoms with E-state index in [1.54, 1.807) is 0 Å². The minimum atomic E-state index is -0.322. The summed E-state index contributed by atoms with van der Waals surface area (Å²) in [6, 6.07) is 66.3. The van der Waals surface area contributed by atoms with Gasteiger partial charge in [0.1, 0.15) is 0 Å². The van der Waals surface area contributed by atoms with Gasteiger partial charge in [0.2, 0.25) is 0 Å². The molecule has 2 aliphatic rings. The van der Waals surface area contributed by atoms with Gasteiger partial charge in [0, 0.05) is 27.6 Å². The van der Waals surface area contributed by atoms with E-state index in [0.717, 1.165) is 16.7 Å². The van der Waals surface area contributed by atoms with E-state index in [1.165, 1.54) is 72.0 Å². The van der Waals surface area contributed by atoms with Crippen molar-refractivity contribution < 1.29 is 0 Å². The third-order valence-electron chi connectivity index (χ3n) is 11.4. The lowest BCUT2D eigenvalue weighted by molar-refractivity contribution is 0.743. The normalized spacial score (nSPS) is 14.6. The highest BCUT2D eigenvalue weighted by molar-refractivity contribution is 6.14. The molecule has 1 spiro atoms. The number of benzene rings is 8. The second-order valence-electron chi connectivity index (χ2n) is 14.3. The molecule has 1 aromatic heterocycles. The van der Waals surface area contributed by atoms with Crippen molar-refractivity contribution in [2.75, 3.05) is 5.73 Å². The minimum Gasteiger partial charge on any atom is -0.398 e. The molecule has 0 bridgehead atoms. The van der Waals surface area contributed by atoms with Crippen LogP contribution in [0.3, 0.4) is 0 Å². The zero-order valence-corrected chi connectivity index (χ0v) is 29.9. The molecule has 1 atom stereocenters. The molecule has 1 unspecified atom stereocenters. The molecule has 0 amide bonds. The molecular formula is C51H37N3. The second kappa shape index (κ2) is 12.3. The van der Waals surface area contributed by atoms with Gasteiger partial charge in [0.25, 0.3) is 0 Å². The largest absolute Gasteiger partial charge is 0.398 e. The maximum absolute atomic E-state index is 8.31. The Morgan fingerprint density at radius 3 is 1.96 bits per heavy atom. The molecule has 54 heavy (non-hydrogen) atoms. The van der Waals surface area contributed by atoms with Gasteiger partial charge in [0.05, 0.1) is 27.8 Å². The zero-order chi connectivity index (χ0) is 36.4. The predicted octanol–water partition coefficient (Wildman–Crippen LogP) is 12.1. The van der Waals surface area contributed by atoms with Crippen molar-refractivity contribution >= 4 is 33.2 Å². The molecule has 9 aromatic rings. The first kappa shape index (κ1) is 31.7. The van der Waals surface area contributed by atoms with Gasteiger partial charge in [0.15, 0.2) is 0 Å². The maximum atomic E-state index is 8.31. The monoisotopic (exact) mass is 691 g/mol. The molecule has 8 aromatic carbocycles. The number of hydrogen-bond donors (Lipinski definition) is 2. The third-order valence-corrected chi connectivity index (χ3v) is 11.4. The van der Waals surface area contributed by atoms with E-state index < -0.39 is 0 Å². The average Bonchev–Trinajstić information content (AvgIpc) is 3.73. The van der Waals surface area contributed by atoms with Crippen LogP contribution < -0.4 is 5.73 Å². The van der Waals surface area contributed by atoms with Gasteiger partial charge >= 0.3 is 0 Å². The van der Waals surface area contributed by atoms with E-state index in [0.29, 0.717) is 11.4 Å². The van der Waals surface area contributed by atoms with Crippen LogP contribution in [0, 0.1) is 12.3 Å². The van der Waals surface area contributed by atoms with Crippen LogP contribution in [-0.2, 0) is 5.41 Å². The van der Waals surface area contributed by atoms with E-state index in [-0.39, 0.29) is 5.41 Å². The first-order valence-electron chi connectivity index (χ1n) is 18.5. The highest BCUT2D eigenvalue weighted by Crippen LogP contribution is 2.61. The van der Waals surface area contributed by atoms with Crippen molar-refractivity contribution in [3.8, 4) is 27.9 Å². The number of nitrogens with two attached hydrogens (primary N) is 1. The van der Waals surface area contributed by atoms with Crippen molar-refractivity contribution in [3.05, 3.63) is 227 Å². The molecule has 0 fully saturated rings. The van der Waals surface area contributed by atoms with Crippen LogP contribution >= 0.6 is 0 Å². The van der Waals surface area contributed by atoms with Crippen LogP contribution in [0.15, 0.2) is 188 Å². The summed E-state index contributed by atoms with van der Waals surface area (Å²) >= 11 is 0. The number of fused-ring (bicyclic) bond motifs is 12. The summed E-state index contributed by atoms with van der Waals surface area (Å²) in [5, 5.41) is 11.0. The lowest BCUT2D eigenvalue weighted by atomic mass is 9.64. The van der Waals surface area contributed by atoms with Gasteiger partial charge in [-0.1, -0.05) is 170 Å². The van der Waals surface area contributed by atoms with Crippen LogP contribution in [0.1, 0.15) is 38.9 Å². The Hall–Kier alpha value is -6.97. The number of hydrogen-bond acceptors (Lipinski definition) is 2. The van der Waals surface area contributed by atoms with Gasteiger partial charge in [-0.25, -0.2) is 0 Å². The van der Waals surface area contributed by atoms with Gasteiger partial charge in [-0.2, -0.15) is 0 Å². The van der Waals surface area contributed by atoms with E-state index in [4.69, 9.17) is 11.1 Å². The molecule has 11 rings (SSSR count). The molecule has 0 saturated carbocycles. The molecule has 2 heterocycles. The summed E-state index contributed by atoms with van der Waals surface area (Å²) in [6.07, 6.45) is 0. The van der Waals surface area contributed by atoms with Gasteiger partial charge in [-0.3, -0.25) is 5.41 Å². The number of nitrogen functional groups attached to an aromatic ring is 1. The Kier molecular flexibility index (Phi) is 7.24. The average molecular weight is 692 g/mol. The number of aromatic nitrogens is 1. The van der Waals surface area contributed by atoms with Crippen LogP contribution in [0.5, 0.6) is 0 Å². The topological polar surface area (TPSA) is 54.8 Å². The molecule has 0 saturated heterocycles. The highest BCUT2D eigenvalue weighted by atomic mass is 15.0. The van der Waals surface area contributed by atoms with Crippen molar-refractivity contribution in [2.45, 2.75) is 12.3 Å². The molecule has 3 heteroatoms. The Bertz CT molecular complexity index is 2920. The van der Waals surface area contributed by atoms with Crippen molar-refractivity contribution in [2.24, 2.45) is 0 Å². The maximum Gasteiger partial charge on any atom is 0.0757 e. The molecule has 256 valence electrons. The highest BCUT2D eigenvalue weighted by Gasteiger charge is 2.51. The predicted molar refractivity (Wildman–Crippen MR) is 225 cm³/mol. The summed E-state index contributed by atoms with van der Waals surface area (Å²) < 4.78 is 2.50. The number of rotatable bonds is 3. The minimum absolute atomic E-state index is 0.322. The molecule has 3 N–H and O–H groups in total. The Balaban J connectivity index is 0.000000149. The molecular weight excluding hydrogens is 655 g/mol. The molecule has 0 radical (unpaired) electrons. The Morgan fingerprint density at radius 2 is 1.13 bits per heavy atom. The lowest BCUT2D eigenvalue weighted by Crippen LogP contribution is -2.34. The molecule has 1 aliphatic carbocycles. The lowest BCUT2D eigenvalue weighted by Gasteiger charge is -2.40. The van der Waals surface area contributed by atoms with Gasteiger partial charge < -0.3 is 10.3 Å². The first-order chi connectivity index (χ1) is 26.6. The number of nitrogens with one attached hydrogen (secondary N) is 1. The molecule has 1 aliphatic heterocycles. The van der Waals surface area contributed by atoms with E-state index in [1.807, 2.05) is 66.7 Å². The van der Waals surface area contributed by atoms with Gasteiger partial charge in [-0.05, 0) is 75.2 Å². The number of para-hydroxylation sites is 4. The smallest absolute Gasteiger partial charge is 0.0757 e. The van der Waals surface area contributed by atoms with E-state index in [2.05, 4.69) is 133 Å². The number of aryl methyl sites for hydroxylation is 1. The Labute approximate surface area is 315 Å². The van der Waals surface area contributed by atoms with Crippen molar-refractivity contribution in [1.29, 1.82) is 5.41 Å². The summed E-state index contributed by atoms with van der Waals surface area (Å²) in [6.45, 7) is 2.28. The summed E-state index contributed by atoms with van der Waals surface area (Å²) in [5.41, 5.74) is 24.2. The summed E-state index contributed by atoms with van der Waals surface area (Å²) in [5.74, 6) is 0. The van der Waals surface area contributed by atoms with Crippen LogP contribution in [-0.4, -0.2) is 10.3 Å². The van der Waals surface area contributed by atoms with Crippen LogP contribution in [0.25, 0.3) is 49.7 Å². The number of anilines is 1. The SMILES string of the molecule is Cc1cccc2c1C1(c3ccccc3-2)c2ccccc2-n2c3ccccc3c3cccc1c32.N=C(c1ccc(-c2ccccc2)cc1)c1ccccc1N. The summed E-state index contributed by atoms with van der Waals surface area (Å²) in [4.78, 5) is 0. The fourth-order valence-corrected chi connectivity index (χ4v) is 9.17. The summed E-state index contributed by atoms with van der Waals surface area (Å²) in [7, 11) is 0. The van der Waals surface area contributed by atoms with Gasteiger partial charge in [-0.15, -0.1) is 0 Å². The molecule has 3 nitrogen and oxygen atoms in total. The standard InChI is InChI=1S/C32H21N.C19H16N2/c1-20-10-8-13-23-21-11-2-4-15-25(21)32(30(20)23)26-16-5-7-19-29(26)33-28-18-6-3-12-22(28)24-14-9-17-27(32)31(24)33;20-18-9-5-4-8-17(18)19(21)16-12-10-15(11-13-16)14-6-2-1-3-7-14/h2-19H,1H3;1-13,21H,20H2. The second-order valence-corrected chi connectivity index (χ2v) is 14.3.